The van der Waals surface area contributed by atoms with E-state index in [1.54, 1.807) is 0 Å². The van der Waals surface area contributed by atoms with E-state index in [4.69, 9.17) is 10.4 Å². The summed E-state index contributed by atoms with van der Waals surface area (Å²) >= 11 is 0. The van der Waals surface area contributed by atoms with Crippen LogP contribution < -0.4 is 4.72 Å². The van der Waals surface area contributed by atoms with E-state index < -0.39 is 22.1 Å². The smallest absolute Gasteiger partial charge is 0.307 e. The molecule has 1 aliphatic heterocycles. The van der Waals surface area contributed by atoms with Gasteiger partial charge in [-0.1, -0.05) is 6.42 Å². The Balaban J connectivity index is 2.03. The minimum Gasteiger partial charge on any atom is -0.481 e. The molecule has 2 fully saturated rings. The maximum atomic E-state index is 12.3. The molecule has 0 amide bonds. The van der Waals surface area contributed by atoms with Crippen molar-refractivity contribution < 1.29 is 18.3 Å². The fourth-order valence-corrected chi connectivity index (χ4v) is 4.44. The number of rotatable bonds is 4. The number of nitrogens with zero attached hydrogens (tertiary/aromatic N) is 2. The molecule has 0 aromatic heterocycles. The summed E-state index contributed by atoms with van der Waals surface area (Å²) in [6.07, 6.45) is 3.26. The van der Waals surface area contributed by atoms with Gasteiger partial charge in [-0.3, -0.25) is 4.79 Å². The highest BCUT2D eigenvalue weighted by molar-refractivity contribution is 7.87. The van der Waals surface area contributed by atoms with Gasteiger partial charge in [-0.15, -0.1) is 0 Å². The Morgan fingerprint density at radius 1 is 1.30 bits per heavy atom. The van der Waals surface area contributed by atoms with E-state index in [2.05, 4.69) is 10.8 Å². The van der Waals surface area contributed by atoms with Crippen molar-refractivity contribution in [2.24, 2.45) is 11.8 Å². The number of carboxylic acid groups (broad SMARTS) is 1. The molecule has 2 rings (SSSR count). The highest BCUT2D eigenvalue weighted by Crippen LogP contribution is 2.26. The van der Waals surface area contributed by atoms with E-state index in [-0.39, 0.29) is 18.5 Å². The molecule has 3 unspecified atom stereocenters. The number of aliphatic carboxylic acids is 1. The van der Waals surface area contributed by atoms with Crippen molar-refractivity contribution in [2.75, 3.05) is 13.1 Å². The van der Waals surface area contributed by atoms with Gasteiger partial charge in [0.05, 0.1) is 17.9 Å². The van der Waals surface area contributed by atoms with Gasteiger partial charge in [-0.25, -0.2) is 0 Å². The van der Waals surface area contributed by atoms with Crippen molar-refractivity contribution in [1.29, 1.82) is 5.26 Å². The quantitative estimate of drug-likeness (QED) is 0.776. The Bertz CT molecular complexity index is 513. The minimum atomic E-state index is -3.71. The first-order valence-electron chi connectivity index (χ1n) is 6.84. The van der Waals surface area contributed by atoms with E-state index in [0.717, 1.165) is 6.42 Å². The summed E-state index contributed by atoms with van der Waals surface area (Å²) in [6, 6.07) is 1.78. The Morgan fingerprint density at radius 2 is 2.05 bits per heavy atom. The zero-order valence-corrected chi connectivity index (χ0v) is 12.0. The van der Waals surface area contributed by atoms with Crippen LogP contribution in [0.15, 0.2) is 0 Å². The molecule has 1 saturated heterocycles. The third kappa shape index (κ3) is 3.29. The minimum absolute atomic E-state index is 0.00854. The molecular weight excluding hydrogens is 282 g/mol. The van der Waals surface area contributed by atoms with Crippen molar-refractivity contribution in [3.8, 4) is 6.07 Å². The average molecular weight is 301 g/mol. The Kier molecular flexibility index (Phi) is 4.62. The lowest BCUT2D eigenvalue weighted by Gasteiger charge is -2.31. The molecule has 0 radical (unpaired) electrons. The molecule has 2 aliphatic rings. The van der Waals surface area contributed by atoms with Crippen LogP contribution in [0.5, 0.6) is 0 Å². The van der Waals surface area contributed by atoms with Crippen molar-refractivity contribution in [2.45, 2.75) is 38.1 Å². The maximum absolute atomic E-state index is 12.3. The van der Waals surface area contributed by atoms with Gasteiger partial charge in [0.25, 0.3) is 10.2 Å². The standard InChI is InChI=1S/C12H19N3O4S/c13-7-9-3-1-5-11(9)14-20(18,19)15-6-2-4-10(8-15)12(16)17/h9-11,14H,1-6,8H2,(H,16,17). The summed E-state index contributed by atoms with van der Waals surface area (Å²) in [5, 5.41) is 18.0. The number of carboxylic acids is 1. The lowest BCUT2D eigenvalue weighted by Crippen LogP contribution is -2.50. The fourth-order valence-electron chi connectivity index (χ4n) is 2.88. The van der Waals surface area contributed by atoms with E-state index in [1.165, 1.54) is 4.31 Å². The van der Waals surface area contributed by atoms with Gasteiger partial charge in [0.15, 0.2) is 0 Å². The molecule has 0 aromatic carbocycles. The second kappa shape index (κ2) is 6.08. The number of nitrogens with one attached hydrogen (secondary N) is 1. The van der Waals surface area contributed by atoms with Crippen molar-refractivity contribution in [3.05, 3.63) is 0 Å². The fraction of sp³-hybridized carbons (Fsp3) is 0.833. The zero-order chi connectivity index (χ0) is 14.8. The lowest BCUT2D eigenvalue weighted by molar-refractivity contribution is -0.142. The largest absolute Gasteiger partial charge is 0.481 e. The van der Waals surface area contributed by atoms with Gasteiger partial charge in [-0.05, 0) is 25.7 Å². The van der Waals surface area contributed by atoms with Crippen molar-refractivity contribution in [3.63, 3.8) is 0 Å². The summed E-state index contributed by atoms with van der Waals surface area (Å²) in [4.78, 5) is 11.0. The van der Waals surface area contributed by atoms with Crippen LogP contribution in [-0.2, 0) is 15.0 Å². The SMILES string of the molecule is N#CC1CCCC1NS(=O)(=O)N1CCCC(C(=O)O)C1. The van der Waals surface area contributed by atoms with E-state index >= 15 is 0 Å². The van der Waals surface area contributed by atoms with Crippen LogP contribution in [0, 0.1) is 23.2 Å². The van der Waals surface area contributed by atoms with Crippen LogP contribution >= 0.6 is 0 Å². The second-order valence-corrected chi connectivity index (χ2v) is 7.13. The first-order valence-corrected chi connectivity index (χ1v) is 8.28. The van der Waals surface area contributed by atoms with Crippen molar-refractivity contribution >= 4 is 16.2 Å². The van der Waals surface area contributed by atoms with Gasteiger partial charge < -0.3 is 5.11 Å². The third-order valence-corrected chi connectivity index (χ3v) is 5.67. The van der Waals surface area contributed by atoms with Crippen LogP contribution in [0.1, 0.15) is 32.1 Å². The predicted octanol–water partition coefficient (Wildman–Crippen LogP) is 0.310. The normalized spacial score (nSPS) is 31.9. The van der Waals surface area contributed by atoms with E-state index in [0.29, 0.717) is 32.2 Å². The van der Waals surface area contributed by atoms with Gasteiger partial charge >= 0.3 is 5.97 Å². The molecule has 8 heteroatoms. The molecule has 112 valence electrons. The predicted molar refractivity (Wildman–Crippen MR) is 70.7 cm³/mol. The molecule has 7 nitrogen and oxygen atoms in total. The van der Waals surface area contributed by atoms with E-state index in [9.17, 15) is 13.2 Å². The topological polar surface area (TPSA) is 111 Å². The van der Waals surface area contributed by atoms with Crippen LogP contribution in [-0.4, -0.2) is 42.9 Å². The highest BCUT2D eigenvalue weighted by Gasteiger charge is 2.36. The average Bonchev–Trinajstić information content (AvgIpc) is 2.85. The maximum Gasteiger partial charge on any atom is 0.307 e. The monoisotopic (exact) mass is 301 g/mol. The summed E-state index contributed by atoms with van der Waals surface area (Å²) < 4.78 is 28.3. The zero-order valence-electron chi connectivity index (χ0n) is 11.2. The number of hydrogen-bond acceptors (Lipinski definition) is 4. The molecule has 0 bridgehead atoms. The highest BCUT2D eigenvalue weighted by atomic mass is 32.2. The van der Waals surface area contributed by atoms with Gasteiger partial charge in [0, 0.05) is 19.1 Å². The van der Waals surface area contributed by atoms with Gasteiger partial charge in [0.2, 0.25) is 0 Å². The van der Waals surface area contributed by atoms with Crippen molar-refractivity contribution in [1.82, 2.24) is 9.03 Å². The Morgan fingerprint density at radius 3 is 2.70 bits per heavy atom. The first-order chi connectivity index (χ1) is 9.44. The van der Waals surface area contributed by atoms with Gasteiger partial charge in [0.1, 0.15) is 0 Å². The number of carbonyl (C=O) groups is 1. The second-order valence-electron chi connectivity index (χ2n) is 5.43. The number of nitriles is 1. The van der Waals surface area contributed by atoms with Crippen LogP contribution in [0.25, 0.3) is 0 Å². The molecule has 3 atom stereocenters. The Labute approximate surface area is 118 Å². The number of piperidine rings is 1. The Hall–Kier alpha value is -1.17. The molecule has 2 N–H and O–H groups in total. The summed E-state index contributed by atoms with van der Waals surface area (Å²) in [7, 11) is -3.71. The molecule has 1 heterocycles. The van der Waals surface area contributed by atoms with Gasteiger partial charge in [-0.2, -0.15) is 22.7 Å². The molecule has 0 spiro atoms. The summed E-state index contributed by atoms with van der Waals surface area (Å²) in [5.74, 6) is -1.89. The van der Waals surface area contributed by atoms with E-state index in [1.807, 2.05) is 0 Å². The lowest BCUT2D eigenvalue weighted by atomic mass is 10.0. The molecule has 1 saturated carbocycles. The first kappa shape index (κ1) is 15.2. The van der Waals surface area contributed by atoms with Crippen LogP contribution in [0.2, 0.25) is 0 Å². The summed E-state index contributed by atoms with van der Waals surface area (Å²) in [5.41, 5.74) is 0. The summed E-state index contributed by atoms with van der Waals surface area (Å²) in [6.45, 7) is 0.345. The molecule has 20 heavy (non-hydrogen) atoms. The molecule has 0 aromatic rings. The molecule has 1 aliphatic carbocycles. The number of hydrogen-bond donors (Lipinski definition) is 2. The van der Waals surface area contributed by atoms with Crippen LogP contribution in [0.4, 0.5) is 0 Å². The third-order valence-electron chi connectivity index (χ3n) is 4.06. The molecular formula is C12H19N3O4S. The van der Waals surface area contributed by atoms with Crippen LogP contribution in [0.3, 0.4) is 0 Å².